The predicted molar refractivity (Wildman–Crippen MR) is 106 cm³/mol. The molecular weight excluding hydrogens is 384 g/mol. The Morgan fingerprint density at radius 1 is 1.19 bits per heavy atom. The maximum atomic E-state index is 13.3. The summed E-state index contributed by atoms with van der Waals surface area (Å²) in [6.07, 6.45) is 2.12. The number of pyridine rings is 1. The van der Waals surface area contributed by atoms with Crippen molar-refractivity contribution in [3.05, 3.63) is 52.7 Å². The van der Waals surface area contributed by atoms with E-state index >= 15 is 0 Å². The van der Waals surface area contributed by atoms with E-state index in [-0.39, 0.29) is 5.69 Å². The molecule has 27 heavy (non-hydrogen) atoms. The van der Waals surface area contributed by atoms with Gasteiger partial charge in [0.15, 0.2) is 5.69 Å². The highest BCUT2D eigenvalue weighted by atomic mass is 35.5. The molecule has 0 bridgehead atoms. The van der Waals surface area contributed by atoms with Gasteiger partial charge in [-0.2, -0.15) is 5.26 Å². The van der Waals surface area contributed by atoms with Crippen LogP contribution in [0.5, 0.6) is 0 Å². The van der Waals surface area contributed by atoms with Crippen molar-refractivity contribution in [3.63, 3.8) is 0 Å². The second kappa shape index (κ2) is 7.02. The van der Waals surface area contributed by atoms with Crippen LogP contribution in [0.25, 0.3) is 0 Å². The number of nitrogens with zero attached hydrogens (tertiary/aromatic N) is 4. The van der Waals surface area contributed by atoms with Crippen LogP contribution in [0.15, 0.2) is 36.4 Å². The number of anilines is 2. The molecule has 1 aromatic heterocycles. The van der Waals surface area contributed by atoms with E-state index in [0.717, 1.165) is 24.1 Å². The predicted octanol–water partition coefficient (Wildman–Crippen LogP) is 2.97. The zero-order valence-corrected chi connectivity index (χ0v) is 16.2. The van der Waals surface area contributed by atoms with E-state index in [2.05, 4.69) is 4.98 Å². The number of aromatic nitrogens is 1. The van der Waals surface area contributed by atoms with Crippen LogP contribution in [0.1, 0.15) is 24.1 Å². The summed E-state index contributed by atoms with van der Waals surface area (Å²) in [4.78, 5) is 6.22. The van der Waals surface area contributed by atoms with Gasteiger partial charge in [-0.05, 0) is 43.0 Å². The Bertz CT molecular complexity index is 1020. The molecule has 0 N–H and O–H groups in total. The van der Waals surface area contributed by atoms with Crippen molar-refractivity contribution in [3.8, 4) is 6.07 Å². The quantitative estimate of drug-likeness (QED) is 0.788. The minimum absolute atomic E-state index is 0.160. The summed E-state index contributed by atoms with van der Waals surface area (Å²) in [6.45, 7) is 1.57. The molecule has 2 aliphatic heterocycles. The van der Waals surface area contributed by atoms with Crippen molar-refractivity contribution < 1.29 is 8.42 Å². The molecule has 0 amide bonds. The summed E-state index contributed by atoms with van der Waals surface area (Å²) >= 11 is 5.96. The second-order valence-electron chi connectivity index (χ2n) is 6.82. The summed E-state index contributed by atoms with van der Waals surface area (Å²) in [7, 11) is -3.47. The van der Waals surface area contributed by atoms with Crippen molar-refractivity contribution in [1.29, 1.82) is 5.26 Å². The lowest BCUT2D eigenvalue weighted by molar-refractivity contribution is 0.527. The fraction of sp³-hybridized carbons (Fsp3) is 0.368. The Kier molecular flexibility index (Phi) is 4.70. The van der Waals surface area contributed by atoms with E-state index in [1.807, 2.05) is 35.2 Å². The third-order valence-corrected chi connectivity index (χ3v) is 7.74. The van der Waals surface area contributed by atoms with E-state index in [9.17, 15) is 8.42 Å². The molecule has 2 aromatic rings. The van der Waals surface area contributed by atoms with Crippen LogP contribution < -0.4 is 9.21 Å². The summed E-state index contributed by atoms with van der Waals surface area (Å²) in [6, 6.07) is 13.0. The lowest BCUT2D eigenvalue weighted by Crippen LogP contribution is -2.48. The van der Waals surface area contributed by atoms with E-state index < -0.39 is 15.3 Å². The summed E-state index contributed by atoms with van der Waals surface area (Å²) in [5, 5.41) is 8.94. The number of rotatable bonds is 3. The van der Waals surface area contributed by atoms with Crippen LogP contribution >= 0.6 is 11.6 Å². The molecule has 6 nitrogen and oxygen atoms in total. The maximum absolute atomic E-state index is 13.3. The number of para-hydroxylation sites is 1. The summed E-state index contributed by atoms with van der Waals surface area (Å²) in [5.74, 6) is 0.595. The fourth-order valence-corrected chi connectivity index (χ4v) is 5.97. The number of piperidine rings is 1. The van der Waals surface area contributed by atoms with Gasteiger partial charge in [0.05, 0.1) is 16.0 Å². The van der Waals surface area contributed by atoms with Gasteiger partial charge in [0, 0.05) is 19.6 Å². The Morgan fingerprint density at radius 2 is 2.00 bits per heavy atom. The summed E-state index contributed by atoms with van der Waals surface area (Å²) < 4.78 is 28.2. The molecule has 1 fully saturated rings. The highest BCUT2D eigenvalue weighted by Crippen LogP contribution is 2.33. The standard InChI is InChI=1S/C19H19ClN4O2S/c20-16-7-8-19(22-17(16)12-21)23-10-3-5-15(13-23)27(25,26)24-11-9-14-4-1-2-6-18(14)24/h1-2,4,6-8,15H,3,5,9-11,13H2. The topological polar surface area (TPSA) is 77.3 Å². The first-order chi connectivity index (χ1) is 13.0. The second-order valence-corrected chi connectivity index (χ2v) is 9.36. The van der Waals surface area contributed by atoms with E-state index in [1.54, 1.807) is 16.4 Å². The van der Waals surface area contributed by atoms with Crippen LogP contribution in [0.2, 0.25) is 5.02 Å². The van der Waals surface area contributed by atoms with Gasteiger partial charge in [0.2, 0.25) is 10.0 Å². The monoisotopic (exact) mass is 402 g/mol. The van der Waals surface area contributed by atoms with Crippen molar-refractivity contribution >= 4 is 33.1 Å². The fourth-order valence-electron chi connectivity index (χ4n) is 3.83. The normalized spacial score (nSPS) is 19.6. The van der Waals surface area contributed by atoms with E-state index in [4.69, 9.17) is 16.9 Å². The number of halogens is 1. The average molecular weight is 403 g/mol. The highest BCUT2D eigenvalue weighted by Gasteiger charge is 2.38. The van der Waals surface area contributed by atoms with Crippen LogP contribution in [0.4, 0.5) is 11.5 Å². The number of nitriles is 1. The number of hydrogen-bond acceptors (Lipinski definition) is 5. The van der Waals surface area contributed by atoms with Crippen LogP contribution in [-0.2, 0) is 16.4 Å². The first-order valence-electron chi connectivity index (χ1n) is 8.92. The molecule has 1 atom stereocenters. The third-order valence-electron chi connectivity index (χ3n) is 5.21. The Labute approximate surface area is 164 Å². The molecule has 2 aliphatic rings. The molecule has 3 heterocycles. The van der Waals surface area contributed by atoms with Crippen LogP contribution in [0.3, 0.4) is 0 Å². The number of hydrogen-bond donors (Lipinski definition) is 0. The number of fused-ring (bicyclic) bond motifs is 1. The SMILES string of the molecule is N#Cc1nc(N2CCCC(S(=O)(=O)N3CCc4ccccc43)C2)ccc1Cl. The van der Waals surface area contributed by atoms with Gasteiger partial charge >= 0.3 is 0 Å². The van der Waals surface area contributed by atoms with Crippen molar-refractivity contribution in [2.24, 2.45) is 0 Å². The molecule has 0 radical (unpaired) electrons. The zero-order chi connectivity index (χ0) is 19.0. The van der Waals surface area contributed by atoms with Gasteiger partial charge in [-0.3, -0.25) is 4.31 Å². The smallest absolute Gasteiger partial charge is 0.239 e. The zero-order valence-electron chi connectivity index (χ0n) is 14.7. The van der Waals surface area contributed by atoms with Gasteiger partial charge in [0.1, 0.15) is 11.9 Å². The first-order valence-corrected chi connectivity index (χ1v) is 10.8. The van der Waals surface area contributed by atoms with Gasteiger partial charge in [0.25, 0.3) is 0 Å². The Balaban J connectivity index is 1.59. The molecule has 4 rings (SSSR count). The molecular formula is C19H19ClN4O2S. The molecule has 1 unspecified atom stereocenters. The van der Waals surface area contributed by atoms with E-state index in [1.165, 1.54) is 0 Å². The maximum Gasteiger partial charge on any atom is 0.239 e. The Morgan fingerprint density at radius 3 is 2.81 bits per heavy atom. The minimum atomic E-state index is -3.47. The lowest BCUT2D eigenvalue weighted by atomic mass is 10.1. The molecule has 0 aliphatic carbocycles. The first kappa shape index (κ1) is 18.1. The molecule has 8 heteroatoms. The molecule has 1 aromatic carbocycles. The van der Waals surface area contributed by atoms with Crippen molar-refractivity contribution in [2.45, 2.75) is 24.5 Å². The number of sulfonamides is 1. The summed E-state index contributed by atoms with van der Waals surface area (Å²) in [5.41, 5.74) is 2.03. The Hall–Kier alpha value is -2.30. The largest absolute Gasteiger partial charge is 0.355 e. The molecule has 1 saturated heterocycles. The minimum Gasteiger partial charge on any atom is -0.355 e. The number of benzene rings is 1. The third kappa shape index (κ3) is 3.24. The highest BCUT2D eigenvalue weighted by molar-refractivity contribution is 7.93. The van der Waals surface area contributed by atoms with Crippen molar-refractivity contribution in [2.75, 3.05) is 28.8 Å². The van der Waals surface area contributed by atoms with Crippen molar-refractivity contribution in [1.82, 2.24) is 4.98 Å². The lowest BCUT2D eigenvalue weighted by Gasteiger charge is -2.35. The van der Waals surface area contributed by atoms with Crippen LogP contribution in [-0.4, -0.2) is 38.3 Å². The van der Waals surface area contributed by atoms with Gasteiger partial charge < -0.3 is 4.90 Å². The van der Waals surface area contributed by atoms with Gasteiger partial charge in [-0.25, -0.2) is 13.4 Å². The molecule has 140 valence electrons. The molecule has 0 spiro atoms. The average Bonchev–Trinajstić information content (AvgIpc) is 3.13. The van der Waals surface area contributed by atoms with Crippen LogP contribution in [0, 0.1) is 11.3 Å². The molecule has 0 saturated carbocycles. The van der Waals surface area contributed by atoms with E-state index in [0.29, 0.717) is 36.9 Å². The van der Waals surface area contributed by atoms with Gasteiger partial charge in [-0.1, -0.05) is 29.8 Å². The van der Waals surface area contributed by atoms with Gasteiger partial charge in [-0.15, -0.1) is 0 Å².